The molecule has 0 spiro atoms. The molecule has 0 atom stereocenters. The number of carbonyl (C=O) groups excluding carboxylic acids is 1. The largest absolute Gasteiger partial charge is 0.497 e. The number of aryl methyl sites for hydroxylation is 1. The monoisotopic (exact) mass is 296 g/mol. The predicted molar refractivity (Wildman–Crippen MR) is 71.4 cm³/mol. The Morgan fingerprint density at radius 1 is 1.47 bits per heavy atom. The van der Waals surface area contributed by atoms with Crippen LogP contribution in [-0.4, -0.2) is 12.9 Å². The van der Waals surface area contributed by atoms with Crippen molar-refractivity contribution in [1.29, 1.82) is 0 Å². The van der Waals surface area contributed by atoms with Gasteiger partial charge >= 0.3 is 0 Å². The molecule has 3 heteroatoms. The molecule has 1 saturated carbocycles. The molecule has 1 aromatic carbocycles. The molecule has 0 bridgehead atoms. The second-order valence-electron chi connectivity index (χ2n) is 4.55. The summed E-state index contributed by atoms with van der Waals surface area (Å²) in [4.78, 5) is 11.6. The van der Waals surface area contributed by atoms with Gasteiger partial charge in [0.25, 0.3) is 0 Å². The molecule has 0 heterocycles. The quantitative estimate of drug-likeness (QED) is 0.799. The maximum absolute atomic E-state index is 11.6. The molecule has 0 amide bonds. The van der Waals surface area contributed by atoms with Gasteiger partial charge in [0, 0.05) is 16.8 Å². The summed E-state index contributed by atoms with van der Waals surface area (Å²) in [5, 5.41) is 0. The molecule has 1 aromatic rings. The van der Waals surface area contributed by atoms with Crippen molar-refractivity contribution in [2.24, 2.45) is 5.92 Å². The standard InChI is InChI=1S/C14H17BrO2/c1-17-12-7-8-13(15)11(9-12)3-2-4-14(16)10-5-6-10/h7-10H,2-6H2,1H3. The van der Waals surface area contributed by atoms with Crippen LogP contribution in [0.4, 0.5) is 0 Å². The van der Waals surface area contributed by atoms with Crippen molar-refractivity contribution in [3.63, 3.8) is 0 Å². The summed E-state index contributed by atoms with van der Waals surface area (Å²) in [6.45, 7) is 0. The van der Waals surface area contributed by atoms with Crippen LogP contribution >= 0.6 is 15.9 Å². The zero-order chi connectivity index (χ0) is 12.3. The Morgan fingerprint density at radius 2 is 2.24 bits per heavy atom. The fraction of sp³-hybridized carbons (Fsp3) is 0.500. The van der Waals surface area contributed by atoms with Crippen LogP contribution in [0.3, 0.4) is 0 Å². The van der Waals surface area contributed by atoms with Crippen LogP contribution in [0.5, 0.6) is 5.75 Å². The first-order valence-corrected chi connectivity index (χ1v) is 6.85. The van der Waals surface area contributed by atoms with Crippen molar-refractivity contribution in [1.82, 2.24) is 0 Å². The summed E-state index contributed by atoms with van der Waals surface area (Å²) < 4.78 is 6.29. The Balaban J connectivity index is 1.86. The SMILES string of the molecule is COc1ccc(Br)c(CCCC(=O)C2CC2)c1. The minimum atomic E-state index is 0.392. The molecule has 17 heavy (non-hydrogen) atoms. The zero-order valence-electron chi connectivity index (χ0n) is 10.0. The van der Waals surface area contributed by atoms with E-state index in [0.717, 1.165) is 35.9 Å². The first-order valence-electron chi connectivity index (χ1n) is 6.06. The summed E-state index contributed by atoms with van der Waals surface area (Å²) in [6, 6.07) is 5.96. The van der Waals surface area contributed by atoms with Crippen LogP contribution in [-0.2, 0) is 11.2 Å². The average Bonchev–Trinajstić information content (AvgIpc) is 3.15. The normalized spacial score (nSPS) is 14.7. The second-order valence-corrected chi connectivity index (χ2v) is 5.41. The second kappa shape index (κ2) is 5.67. The Morgan fingerprint density at radius 3 is 2.88 bits per heavy atom. The summed E-state index contributed by atoms with van der Waals surface area (Å²) >= 11 is 3.53. The summed E-state index contributed by atoms with van der Waals surface area (Å²) in [7, 11) is 1.67. The third-order valence-corrected chi connectivity index (χ3v) is 3.93. The first kappa shape index (κ1) is 12.6. The van der Waals surface area contributed by atoms with Gasteiger partial charge in [-0.2, -0.15) is 0 Å². The van der Waals surface area contributed by atoms with Crippen molar-refractivity contribution < 1.29 is 9.53 Å². The van der Waals surface area contributed by atoms with E-state index in [9.17, 15) is 4.79 Å². The number of hydrogen-bond donors (Lipinski definition) is 0. The van der Waals surface area contributed by atoms with E-state index in [4.69, 9.17) is 4.74 Å². The number of Topliss-reactive ketones (excluding diaryl/α,β-unsaturated/α-hetero) is 1. The van der Waals surface area contributed by atoms with E-state index >= 15 is 0 Å². The lowest BCUT2D eigenvalue weighted by molar-refractivity contribution is -0.120. The van der Waals surface area contributed by atoms with Crippen molar-refractivity contribution in [3.8, 4) is 5.75 Å². The molecule has 1 fully saturated rings. The van der Waals surface area contributed by atoms with E-state index < -0.39 is 0 Å². The van der Waals surface area contributed by atoms with Crippen molar-refractivity contribution in [2.45, 2.75) is 32.1 Å². The first-order chi connectivity index (χ1) is 8.20. The lowest BCUT2D eigenvalue weighted by atomic mass is 10.0. The van der Waals surface area contributed by atoms with Gasteiger partial charge in [0.2, 0.25) is 0 Å². The molecule has 2 rings (SSSR count). The molecule has 1 aliphatic rings. The molecule has 92 valence electrons. The van der Waals surface area contributed by atoms with E-state index in [1.165, 1.54) is 5.56 Å². The highest BCUT2D eigenvalue weighted by atomic mass is 79.9. The summed E-state index contributed by atoms with van der Waals surface area (Å²) in [5.41, 5.74) is 1.22. The number of benzene rings is 1. The highest BCUT2D eigenvalue weighted by Crippen LogP contribution is 2.31. The number of methoxy groups -OCH3 is 1. The van der Waals surface area contributed by atoms with Crippen LogP contribution in [0.2, 0.25) is 0 Å². The number of rotatable bonds is 6. The Bertz CT molecular complexity index is 411. The minimum Gasteiger partial charge on any atom is -0.497 e. The van der Waals surface area contributed by atoms with E-state index in [0.29, 0.717) is 18.1 Å². The predicted octanol–water partition coefficient (Wildman–Crippen LogP) is 3.76. The maximum Gasteiger partial charge on any atom is 0.135 e. The third-order valence-electron chi connectivity index (χ3n) is 3.15. The summed E-state index contributed by atoms with van der Waals surface area (Å²) in [5.74, 6) is 1.71. The topological polar surface area (TPSA) is 26.3 Å². The van der Waals surface area contributed by atoms with Gasteiger partial charge in [-0.3, -0.25) is 4.79 Å². The van der Waals surface area contributed by atoms with Gasteiger partial charge in [-0.25, -0.2) is 0 Å². The van der Waals surface area contributed by atoms with Crippen LogP contribution in [0.25, 0.3) is 0 Å². The molecule has 2 nitrogen and oxygen atoms in total. The Hall–Kier alpha value is -0.830. The van der Waals surface area contributed by atoms with Crippen LogP contribution < -0.4 is 4.74 Å². The molecule has 0 aromatic heterocycles. The summed E-state index contributed by atoms with van der Waals surface area (Å²) in [6.07, 6.45) is 4.80. The molecule has 0 unspecified atom stereocenters. The Kier molecular flexibility index (Phi) is 4.21. The average molecular weight is 297 g/mol. The fourth-order valence-corrected chi connectivity index (χ4v) is 2.38. The maximum atomic E-state index is 11.6. The Labute approximate surface area is 110 Å². The highest BCUT2D eigenvalue weighted by Gasteiger charge is 2.28. The van der Waals surface area contributed by atoms with Crippen LogP contribution in [0, 0.1) is 5.92 Å². The molecular weight excluding hydrogens is 280 g/mol. The van der Waals surface area contributed by atoms with Crippen LogP contribution in [0.1, 0.15) is 31.2 Å². The smallest absolute Gasteiger partial charge is 0.135 e. The zero-order valence-corrected chi connectivity index (χ0v) is 11.6. The molecule has 0 saturated heterocycles. The van der Waals surface area contributed by atoms with Crippen molar-refractivity contribution in [2.75, 3.05) is 7.11 Å². The fourth-order valence-electron chi connectivity index (χ4n) is 1.93. The van der Waals surface area contributed by atoms with E-state index in [1.54, 1.807) is 7.11 Å². The van der Waals surface area contributed by atoms with E-state index in [2.05, 4.69) is 15.9 Å². The van der Waals surface area contributed by atoms with Gasteiger partial charge in [0.1, 0.15) is 11.5 Å². The number of halogens is 1. The third kappa shape index (κ3) is 3.56. The minimum absolute atomic E-state index is 0.392. The van der Waals surface area contributed by atoms with Gasteiger partial charge in [0.05, 0.1) is 7.11 Å². The lowest BCUT2D eigenvalue weighted by Gasteiger charge is -2.07. The molecule has 0 aliphatic heterocycles. The van der Waals surface area contributed by atoms with Crippen molar-refractivity contribution >= 4 is 21.7 Å². The number of carbonyl (C=O) groups is 1. The number of ketones is 1. The van der Waals surface area contributed by atoms with Crippen molar-refractivity contribution in [3.05, 3.63) is 28.2 Å². The van der Waals surface area contributed by atoms with Gasteiger partial charge in [0.15, 0.2) is 0 Å². The molecule has 0 radical (unpaired) electrons. The molecule has 0 N–H and O–H groups in total. The van der Waals surface area contributed by atoms with Gasteiger partial charge in [-0.15, -0.1) is 0 Å². The van der Waals surface area contributed by atoms with E-state index in [-0.39, 0.29) is 0 Å². The van der Waals surface area contributed by atoms with Gasteiger partial charge in [-0.1, -0.05) is 15.9 Å². The van der Waals surface area contributed by atoms with Crippen LogP contribution in [0.15, 0.2) is 22.7 Å². The van der Waals surface area contributed by atoms with Gasteiger partial charge < -0.3 is 4.74 Å². The highest BCUT2D eigenvalue weighted by molar-refractivity contribution is 9.10. The molecular formula is C14H17BrO2. The van der Waals surface area contributed by atoms with E-state index in [1.807, 2.05) is 18.2 Å². The molecule has 1 aliphatic carbocycles. The number of ether oxygens (including phenoxy) is 1. The van der Waals surface area contributed by atoms with Gasteiger partial charge in [-0.05, 0) is 49.4 Å². The number of hydrogen-bond acceptors (Lipinski definition) is 2. The lowest BCUT2D eigenvalue weighted by Crippen LogP contribution is -2.01.